The van der Waals surface area contributed by atoms with Crippen molar-refractivity contribution < 1.29 is 13.9 Å². The Morgan fingerprint density at radius 3 is 2.69 bits per heavy atom. The van der Waals surface area contributed by atoms with Crippen molar-refractivity contribution >= 4 is 5.97 Å². The minimum absolute atomic E-state index is 0.0731. The second-order valence-electron chi connectivity index (χ2n) is 3.24. The fourth-order valence-corrected chi connectivity index (χ4v) is 0.754. The number of hydrogen-bond acceptors (Lipinski definition) is 5. The first-order valence-electron chi connectivity index (χ1n) is 3.78. The number of oxazole rings is 1. The third-order valence-electron chi connectivity index (χ3n) is 1.50. The van der Waals surface area contributed by atoms with Crippen LogP contribution in [0.25, 0.3) is 0 Å². The number of hydrogen-bond donors (Lipinski definition) is 1. The summed E-state index contributed by atoms with van der Waals surface area (Å²) in [7, 11) is 1.26. The Kier molecular flexibility index (Phi) is 2.38. The molecule has 0 aromatic carbocycles. The van der Waals surface area contributed by atoms with Crippen molar-refractivity contribution in [2.45, 2.75) is 19.4 Å². The summed E-state index contributed by atoms with van der Waals surface area (Å²) in [5.41, 5.74) is 5.09. The van der Waals surface area contributed by atoms with Gasteiger partial charge in [-0.05, 0) is 13.8 Å². The molecule has 1 aromatic rings. The maximum absolute atomic E-state index is 10.9. The lowest BCUT2D eigenvalue weighted by molar-refractivity contribution is 0.0552. The number of ether oxygens (including phenoxy) is 1. The molecule has 0 amide bonds. The van der Waals surface area contributed by atoms with Gasteiger partial charge in [0.2, 0.25) is 0 Å². The van der Waals surface area contributed by atoms with Gasteiger partial charge in [-0.1, -0.05) is 0 Å². The van der Waals surface area contributed by atoms with E-state index in [2.05, 4.69) is 9.72 Å². The van der Waals surface area contributed by atoms with E-state index in [1.54, 1.807) is 13.8 Å². The molecule has 1 rings (SSSR count). The van der Waals surface area contributed by atoms with Crippen LogP contribution >= 0.6 is 0 Å². The van der Waals surface area contributed by atoms with Gasteiger partial charge in [-0.25, -0.2) is 9.78 Å². The number of methoxy groups -OCH3 is 1. The maximum Gasteiger partial charge on any atom is 0.394 e. The molecule has 0 saturated heterocycles. The van der Waals surface area contributed by atoms with Crippen molar-refractivity contribution in [1.82, 2.24) is 4.98 Å². The molecule has 0 unspecified atom stereocenters. The largest absolute Gasteiger partial charge is 0.462 e. The molecule has 0 radical (unpaired) electrons. The minimum Gasteiger partial charge on any atom is -0.462 e. The first kappa shape index (κ1) is 9.73. The van der Waals surface area contributed by atoms with Crippen molar-refractivity contribution in [3.63, 3.8) is 0 Å². The van der Waals surface area contributed by atoms with E-state index in [1.165, 1.54) is 13.3 Å². The molecule has 1 heterocycles. The topological polar surface area (TPSA) is 78.3 Å². The Labute approximate surface area is 75.9 Å². The summed E-state index contributed by atoms with van der Waals surface area (Å²) in [4.78, 5) is 14.7. The van der Waals surface area contributed by atoms with Crippen LogP contribution in [-0.2, 0) is 10.3 Å². The van der Waals surface area contributed by atoms with Crippen LogP contribution in [0.5, 0.6) is 0 Å². The van der Waals surface area contributed by atoms with Gasteiger partial charge in [-0.3, -0.25) is 0 Å². The first-order chi connectivity index (χ1) is 5.95. The zero-order valence-electron chi connectivity index (χ0n) is 7.83. The molecule has 0 aliphatic carbocycles. The van der Waals surface area contributed by atoms with Crippen molar-refractivity contribution in [2.75, 3.05) is 7.11 Å². The maximum atomic E-state index is 10.9. The van der Waals surface area contributed by atoms with Crippen LogP contribution in [0.2, 0.25) is 0 Å². The monoisotopic (exact) mass is 184 g/mol. The van der Waals surface area contributed by atoms with Gasteiger partial charge in [-0.15, -0.1) is 0 Å². The molecule has 2 N–H and O–H groups in total. The van der Waals surface area contributed by atoms with Crippen molar-refractivity contribution in [3.05, 3.63) is 17.8 Å². The molecule has 5 nitrogen and oxygen atoms in total. The average Bonchev–Trinajstić information content (AvgIpc) is 2.50. The highest BCUT2D eigenvalue weighted by molar-refractivity contribution is 5.83. The Hall–Kier alpha value is -1.36. The SMILES string of the molecule is COC(=O)c1ncc(C(C)(C)N)o1. The van der Waals surface area contributed by atoms with Crippen LogP contribution in [-0.4, -0.2) is 18.1 Å². The van der Waals surface area contributed by atoms with Gasteiger partial charge in [0.1, 0.15) is 5.76 Å². The van der Waals surface area contributed by atoms with Gasteiger partial charge < -0.3 is 14.9 Å². The van der Waals surface area contributed by atoms with Crippen molar-refractivity contribution in [1.29, 1.82) is 0 Å². The third-order valence-corrected chi connectivity index (χ3v) is 1.50. The summed E-state index contributed by atoms with van der Waals surface area (Å²) in [5, 5.41) is 0. The zero-order valence-corrected chi connectivity index (χ0v) is 7.83. The quantitative estimate of drug-likeness (QED) is 0.683. The van der Waals surface area contributed by atoms with E-state index in [1.807, 2.05) is 0 Å². The molecule has 72 valence electrons. The van der Waals surface area contributed by atoms with E-state index in [0.717, 1.165) is 0 Å². The summed E-state index contributed by atoms with van der Waals surface area (Å²) in [6, 6.07) is 0. The predicted octanol–water partition coefficient (Wildman–Crippen LogP) is 0.655. The lowest BCUT2D eigenvalue weighted by Crippen LogP contribution is -2.27. The highest BCUT2D eigenvalue weighted by atomic mass is 16.5. The summed E-state index contributed by atoms with van der Waals surface area (Å²) in [5.74, 6) is -0.223. The van der Waals surface area contributed by atoms with E-state index in [9.17, 15) is 4.79 Å². The molecule has 0 fully saturated rings. The number of carbonyl (C=O) groups excluding carboxylic acids is 1. The van der Waals surface area contributed by atoms with Gasteiger partial charge >= 0.3 is 11.9 Å². The van der Waals surface area contributed by atoms with Crippen LogP contribution in [0.1, 0.15) is 30.3 Å². The third kappa shape index (κ3) is 2.06. The zero-order chi connectivity index (χ0) is 10.1. The molecule has 0 bridgehead atoms. The van der Waals surface area contributed by atoms with Crippen molar-refractivity contribution in [3.8, 4) is 0 Å². The Bertz CT molecular complexity index is 311. The molecule has 1 aromatic heterocycles. The van der Waals surface area contributed by atoms with E-state index in [0.29, 0.717) is 5.76 Å². The summed E-state index contributed by atoms with van der Waals surface area (Å²) >= 11 is 0. The van der Waals surface area contributed by atoms with Crippen LogP contribution < -0.4 is 5.73 Å². The first-order valence-corrected chi connectivity index (χ1v) is 3.78. The summed E-state index contributed by atoms with van der Waals surface area (Å²) < 4.78 is 9.52. The predicted molar refractivity (Wildman–Crippen MR) is 45.1 cm³/mol. The van der Waals surface area contributed by atoms with Gasteiger partial charge in [0.15, 0.2) is 0 Å². The van der Waals surface area contributed by atoms with Gasteiger partial charge in [0.05, 0.1) is 18.8 Å². The van der Waals surface area contributed by atoms with E-state index >= 15 is 0 Å². The fraction of sp³-hybridized carbons (Fsp3) is 0.500. The van der Waals surface area contributed by atoms with Crippen LogP contribution in [0.3, 0.4) is 0 Å². The van der Waals surface area contributed by atoms with Crippen LogP contribution in [0.15, 0.2) is 10.6 Å². The standard InChI is InChI=1S/C8H12N2O3/c1-8(2,9)5-4-10-6(13-5)7(11)12-3/h4H,9H2,1-3H3. The molecule has 0 atom stereocenters. The number of rotatable bonds is 2. The van der Waals surface area contributed by atoms with Crippen LogP contribution in [0.4, 0.5) is 0 Å². The highest BCUT2D eigenvalue weighted by Gasteiger charge is 2.22. The van der Waals surface area contributed by atoms with Gasteiger partial charge in [0.25, 0.3) is 0 Å². The lowest BCUT2D eigenvalue weighted by Gasteiger charge is -2.13. The molecule has 0 spiro atoms. The summed E-state index contributed by atoms with van der Waals surface area (Å²) in [6.07, 6.45) is 1.42. The minimum atomic E-state index is -0.640. The van der Waals surface area contributed by atoms with E-state index < -0.39 is 11.5 Å². The van der Waals surface area contributed by atoms with E-state index in [4.69, 9.17) is 10.2 Å². The number of nitrogens with zero attached hydrogens (tertiary/aromatic N) is 1. The second-order valence-corrected chi connectivity index (χ2v) is 3.24. The summed E-state index contributed by atoms with van der Waals surface area (Å²) in [6.45, 7) is 3.52. The average molecular weight is 184 g/mol. The van der Waals surface area contributed by atoms with Gasteiger partial charge in [-0.2, -0.15) is 0 Å². The number of aromatic nitrogens is 1. The second kappa shape index (κ2) is 3.18. The molecule has 13 heavy (non-hydrogen) atoms. The fourth-order valence-electron chi connectivity index (χ4n) is 0.754. The molecular formula is C8H12N2O3. The number of carbonyl (C=O) groups is 1. The molecule has 0 aliphatic heterocycles. The smallest absolute Gasteiger partial charge is 0.394 e. The van der Waals surface area contributed by atoms with E-state index in [-0.39, 0.29) is 5.89 Å². The molecule has 5 heteroatoms. The molecular weight excluding hydrogens is 172 g/mol. The Morgan fingerprint density at radius 2 is 2.31 bits per heavy atom. The Morgan fingerprint density at radius 1 is 1.69 bits per heavy atom. The van der Waals surface area contributed by atoms with Gasteiger partial charge in [0, 0.05) is 0 Å². The molecule has 0 saturated carbocycles. The lowest BCUT2D eigenvalue weighted by atomic mass is 10.1. The Balaban J connectivity index is 2.93. The number of nitrogens with two attached hydrogens (primary N) is 1. The number of esters is 1. The molecule has 0 aliphatic rings. The van der Waals surface area contributed by atoms with Crippen LogP contribution in [0, 0.1) is 0 Å². The normalized spacial score (nSPS) is 11.4. The van der Waals surface area contributed by atoms with Crippen molar-refractivity contribution in [2.24, 2.45) is 5.73 Å². The highest BCUT2D eigenvalue weighted by Crippen LogP contribution is 2.17.